The van der Waals surface area contributed by atoms with Gasteiger partial charge in [0.15, 0.2) is 0 Å². The van der Waals surface area contributed by atoms with Crippen molar-refractivity contribution in [3.8, 4) is 0 Å². The Morgan fingerprint density at radius 3 is 2.87 bits per heavy atom. The molecule has 0 aliphatic carbocycles. The van der Waals surface area contributed by atoms with E-state index in [9.17, 15) is 4.79 Å². The lowest BCUT2D eigenvalue weighted by molar-refractivity contribution is -0.122. The predicted octanol–water partition coefficient (Wildman–Crippen LogP) is 1.68. The van der Waals surface area contributed by atoms with Crippen molar-refractivity contribution in [2.24, 2.45) is 5.92 Å². The van der Waals surface area contributed by atoms with Gasteiger partial charge in [-0.05, 0) is 38.3 Å². The zero-order valence-electron chi connectivity index (χ0n) is 10.0. The van der Waals surface area contributed by atoms with Crippen LogP contribution in [0.1, 0.15) is 46.0 Å². The van der Waals surface area contributed by atoms with Gasteiger partial charge in [0.2, 0.25) is 5.91 Å². The molecule has 2 atom stereocenters. The van der Waals surface area contributed by atoms with Crippen LogP contribution >= 0.6 is 0 Å². The van der Waals surface area contributed by atoms with Crippen molar-refractivity contribution in [2.45, 2.75) is 52.0 Å². The van der Waals surface area contributed by atoms with E-state index >= 15 is 0 Å². The summed E-state index contributed by atoms with van der Waals surface area (Å²) >= 11 is 0. The summed E-state index contributed by atoms with van der Waals surface area (Å²) in [7, 11) is 0. The summed E-state index contributed by atoms with van der Waals surface area (Å²) in [4.78, 5) is 11.7. The van der Waals surface area contributed by atoms with E-state index in [-0.39, 0.29) is 5.91 Å². The van der Waals surface area contributed by atoms with Gasteiger partial charge in [-0.2, -0.15) is 0 Å². The summed E-state index contributed by atoms with van der Waals surface area (Å²) < 4.78 is 0. The minimum absolute atomic E-state index is 0.240. The molecule has 1 aliphatic rings. The standard InChI is InChI=1S/C12H24N2O/c1-3-5-11(4-2)14-12(15)8-10-6-7-13-9-10/h10-11,13H,3-9H2,1-2H3,(H,14,15). The van der Waals surface area contributed by atoms with Gasteiger partial charge in [0.1, 0.15) is 0 Å². The van der Waals surface area contributed by atoms with Crippen LogP contribution in [0.25, 0.3) is 0 Å². The van der Waals surface area contributed by atoms with Crippen LogP contribution in [0, 0.1) is 5.92 Å². The number of carbonyl (C=O) groups is 1. The second-order valence-electron chi connectivity index (χ2n) is 4.52. The van der Waals surface area contributed by atoms with Crippen molar-refractivity contribution < 1.29 is 4.79 Å². The third kappa shape index (κ3) is 4.65. The van der Waals surface area contributed by atoms with Crippen LogP contribution in [0.15, 0.2) is 0 Å². The van der Waals surface area contributed by atoms with Crippen molar-refractivity contribution in [1.82, 2.24) is 10.6 Å². The highest BCUT2D eigenvalue weighted by atomic mass is 16.1. The lowest BCUT2D eigenvalue weighted by Gasteiger charge is -2.17. The van der Waals surface area contributed by atoms with E-state index in [1.54, 1.807) is 0 Å². The molecule has 0 aromatic carbocycles. The topological polar surface area (TPSA) is 41.1 Å². The van der Waals surface area contributed by atoms with Crippen LogP contribution in [-0.4, -0.2) is 25.0 Å². The minimum atomic E-state index is 0.240. The quantitative estimate of drug-likeness (QED) is 0.703. The molecule has 1 fully saturated rings. The van der Waals surface area contributed by atoms with Crippen molar-refractivity contribution in [1.29, 1.82) is 0 Å². The Hall–Kier alpha value is -0.570. The Kier molecular flexibility index (Phi) is 5.69. The molecule has 1 rings (SSSR count). The number of carbonyl (C=O) groups excluding carboxylic acids is 1. The van der Waals surface area contributed by atoms with Crippen molar-refractivity contribution >= 4 is 5.91 Å². The molecule has 0 spiro atoms. The Morgan fingerprint density at radius 1 is 1.53 bits per heavy atom. The molecule has 2 unspecified atom stereocenters. The van der Waals surface area contributed by atoms with Crippen LogP contribution in [0.3, 0.4) is 0 Å². The van der Waals surface area contributed by atoms with Gasteiger partial charge in [-0.25, -0.2) is 0 Å². The summed E-state index contributed by atoms with van der Waals surface area (Å²) in [5, 5.41) is 6.42. The predicted molar refractivity (Wildman–Crippen MR) is 62.7 cm³/mol. The first-order chi connectivity index (χ1) is 7.26. The van der Waals surface area contributed by atoms with Gasteiger partial charge in [-0.3, -0.25) is 4.79 Å². The highest BCUT2D eigenvalue weighted by Gasteiger charge is 2.19. The van der Waals surface area contributed by atoms with Crippen LogP contribution in [-0.2, 0) is 4.79 Å². The molecule has 1 heterocycles. The Bertz CT molecular complexity index is 188. The van der Waals surface area contributed by atoms with E-state index in [4.69, 9.17) is 0 Å². The lowest BCUT2D eigenvalue weighted by Crippen LogP contribution is -2.35. The molecule has 15 heavy (non-hydrogen) atoms. The molecule has 3 nitrogen and oxygen atoms in total. The molecular weight excluding hydrogens is 188 g/mol. The van der Waals surface area contributed by atoms with Crippen LogP contribution in [0.2, 0.25) is 0 Å². The Balaban J connectivity index is 2.20. The molecule has 88 valence electrons. The van der Waals surface area contributed by atoms with E-state index < -0.39 is 0 Å². The van der Waals surface area contributed by atoms with Gasteiger partial charge in [-0.15, -0.1) is 0 Å². The summed E-state index contributed by atoms with van der Waals surface area (Å²) in [6.45, 7) is 6.38. The Morgan fingerprint density at radius 2 is 2.33 bits per heavy atom. The SMILES string of the molecule is CCCC(CC)NC(=O)CC1CCNC1. The molecule has 0 radical (unpaired) electrons. The molecule has 0 bridgehead atoms. The van der Waals surface area contributed by atoms with Gasteiger partial charge in [0.05, 0.1) is 0 Å². The normalized spacial score (nSPS) is 22.7. The molecule has 1 amide bonds. The maximum absolute atomic E-state index is 11.7. The van der Waals surface area contributed by atoms with Crippen molar-refractivity contribution in [3.63, 3.8) is 0 Å². The molecular formula is C12H24N2O. The highest BCUT2D eigenvalue weighted by Crippen LogP contribution is 2.12. The van der Waals surface area contributed by atoms with Crippen LogP contribution in [0.5, 0.6) is 0 Å². The van der Waals surface area contributed by atoms with E-state index in [1.807, 2.05) is 0 Å². The first kappa shape index (κ1) is 12.5. The van der Waals surface area contributed by atoms with E-state index in [1.165, 1.54) is 0 Å². The lowest BCUT2D eigenvalue weighted by atomic mass is 10.0. The maximum Gasteiger partial charge on any atom is 0.220 e. The molecule has 3 heteroatoms. The fraction of sp³-hybridized carbons (Fsp3) is 0.917. The van der Waals surface area contributed by atoms with Gasteiger partial charge >= 0.3 is 0 Å². The van der Waals surface area contributed by atoms with Crippen molar-refractivity contribution in [3.05, 3.63) is 0 Å². The number of hydrogen-bond donors (Lipinski definition) is 2. The first-order valence-corrected chi connectivity index (χ1v) is 6.26. The largest absolute Gasteiger partial charge is 0.353 e. The molecule has 1 aliphatic heterocycles. The zero-order valence-corrected chi connectivity index (χ0v) is 10.0. The summed E-state index contributed by atoms with van der Waals surface area (Å²) in [6, 6.07) is 0.386. The molecule has 1 saturated heterocycles. The van der Waals surface area contributed by atoms with Gasteiger partial charge < -0.3 is 10.6 Å². The van der Waals surface area contributed by atoms with Gasteiger partial charge in [0, 0.05) is 12.5 Å². The maximum atomic E-state index is 11.7. The third-order valence-electron chi connectivity index (χ3n) is 3.13. The molecule has 0 aromatic rings. The number of nitrogens with one attached hydrogen (secondary N) is 2. The van der Waals surface area contributed by atoms with E-state index in [2.05, 4.69) is 24.5 Å². The molecule has 0 saturated carbocycles. The summed E-state index contributed by atoms with van der Waals surface area (Å²) in [5.41, 5.74) is 0. The molecule has 0 aromatic heterocycles. The number of hydrogen-bond acceptors (Lipinski definition) is 2. The monoisotopic (exact) mass is 212 g/mol. The van der Waals surface area contributed by atoms with E-state index in [0.29, 0.717) is 18.4 Å². The number of rotatable bonds is 6. The average Bonchev–Trinajstić information content (AvgIpc) is 2.69. The van der Waals surface area contributed by atoms with Gasteiger partial charge in [-0.1, -0.05) is 20.3 Å². The number of amides is 1. The second-order valence-corrected chi connectivity index (χ2v) is 4.52. The van der Waals surface area contributed by atoms with Crippen LogP contribution in [0.4, 0.5) is 0 Å². The fourth-order valence-electron chi connectivity index (χ4n) is 2.16. The minimum Gasteiger partial charge on any atom is -0.353 e. The summed E-state index contributed by atoms with van der Waals surface area (Å²) in [5.74, 6) is 0.799. The van der Waals surface area contributed by atoms with Crippen molar-refractivity contribution in [2.75, 3.05) is 13.1 Å². The fourth-order valence-corrected chi connectivity index (χ4v) is 2.16. The Labute approximate surface area is 93.0 Å². The molecule has 2 N–H and O–H groups in total. The summed E-state index contributed by atoms with van der Waals surface area (Å²) in [6.07, 6.45) is 5.14. The highest BCUT2D eigenvalue weighted by molar-refractivity contribution is 5.76. The average molecular weight is 212 g/mol. The third-order valence-corrected chi connectivity index (χ3v) is 3.13. The second kappa shape index (κ2) is 6.83. The van der Waals surface area contributed by atoms with Gasteiger partial charge in [0.25, 0.3) is 0 Å². The smallest absolute Gasteiger partial charge is 0.220 e. The zero-order chi connectivity index (χ0) is 11.1. The van der Waals surface area contributed by atoms with Crippen LogP contribution < -0.4 is 10.6 Å². The van der Waals surface area contributed by atoms with E-state index in [0.717, 1.165) is 38.8 Å². The first-order valence-electron chi connectivity index (χ1n) is 6.26.